The molecule has 0 bridgehead atoms. The van der Waals surface area contributed by atoms with Crippen molar-refractivity contribution in [3.8, 4) is 0 Å². The second-order valence-corrected chi connectivity index (χ2v) is 4.86. The van der Waals surface area contributed by atoms with Gasteiger partial charge < -0.3 is 33.3 Å². The summed E-state index contributed by atoms with van der Waals surface area (Å²) < 4.78 is 0. The topological polar surface area (TPSA) is 44.5 Å². The fourth-order valence-corrected chi connectivity index (χ4v) is 2.03. The highest BCUT2D eigenvalue weighted by Gasteiger charge is 2.06. The van der Waals surface area contributed by atoms with E-state index in [2.05, 4.69) is 40.6 Å². The summed E-state index contributed by atoms with van der Waals surface area (Å²) in [5, 5.41) is 3.43. The first-order chi connectivity index (χ1) is 8.65. The van der Waals surface area contributed by atoms with Gasteiger partial charge >= 0.3 is 0 Å². The number of benzene rings is 1. The molecule has 1 aliphatic rings. The van der Waals surface area contributed by atoms with Gasteiger partial charge in [0.1, 0.15) is 0 Å². The van der Waals surface area contributed by atoms with Gasteiger partial charge in [-0.25, -0.2) is 0 Å². The number of nitrogen functional groups attached to an aromatic ring is 1. The molecule has 0 radical (unpaired) electrons. The van der Waals surface area contributed by atoms with Gasteiger partial charge in [-0.2, -0.15) is 0 Å². The van der Waals surface area contributed by atoms with Crippen LogP contribution in [0.25, 0.3) is 0 Å². The summed E-state index contributed by atoms with van der Waals surface area (Å²) in [4.78, 5) is 4.49. The van der Waals surface area contributed by atoms with Gasteiger partial charge in [-0.1, -0.05) is 0 Å². The van der Waals surface area contributed by atoms with Crippen molar-refractivity contribution in [2.24, 2.45) is 0 Å². The second kappa shape index (κ2) is 10.7. The van der Waals surface area contributed by atoms with E-state index in [1.54, 1.807) is 0 Å². The van der Waals surface area contributed by atoms with Gasteiger partial charge in [0.2, 0.25) is 0 Å². The molecule has 0 fully saturated rings. The number of anilines is 2. The van der Waals surface area contributed by atoms with Gasteiger partial charge in [-0.05, 0) is 37.1 Å². The highest BCUT2D eigenvalue weighted by molar-refractivity contribution is 5.85. The predicted octanol–water partition coefficient (Wildman–Crippen LogP) is -0.0971. The van der Waals surface area contributed by atoms with Crippen molar-refractivity contribution >= 4 is 36.2 Å². The zero-order chi connectivity index (χ0) is 13.0. The molecule has 7 heteroatoms. The smallest absolute Gasteiger partial charge is 0.0890 e. The first kappa shape index (κ1) is 22.3. The Balaban J connectivity index is 0. The number of nitrogens with two attached hydrogens (primary N) is 1. The molecule has 21 heavy (non-hydrogen) atoms. The molecule has 0 atom stereocenters. The van der Waals surface area contributed by atoms with Crippen molar-refractivity contribution in [1.29, 1.82) is 0 Å². The molecule has 1 heterocycles. The van der Waals surface area contributed by atoms with Crippen molar-refractivity contribution < 1.29 is 12.4 Å². The maximum absolute atomic E-state index is 5.79. The highest BCUT2D eigenvalue weighted by Crippen LogP contribution is 2.16. The van der Waals surface area contributed by atoms with Crippen molar-refractivity contribution in [1.82, 2.24) is 9.80 Å². The first-order valence-corrected chi connectivity index (χ1v) is 6.38. The summed E-state index contributed by atoms with van der Waals surface area (Å²) in [7, 11) is 2.09. The molecule has 1 aromatic rings. The molecule has 3 N–H and O–H groups in total. The number of nitrogens with one attached hydrogen (secondary N) is 1. The van der Waals surface area contributed by atoms with Crippen molar-refractivity contribution in [3.63, 3.8) is 0 Å². The van der Waals surface area contributed by atoms with E-state index >= 15 is 0 Å². The molecule has 0 unspecified atom stereocenters. The third kappa shape index (κ3) is 7.02. The average molecular weight is 355 g/mol. The van der Waals surface area contributed by atoms with E-state index in [-0.39, 0.29) is 37.2 Å². The lowest BCUT2D eigenvalue weighted by molar-refractivity contribution is -0.00000416. The normalized spacial score (nSPS) is 12.3. The van der Waals surface area contributed by atoms with Crippen LogP contribution in [0.5, 0.6) is 0 Å². The Kier molecular flexibility index (Phi) is 11.4. The second-order valence-electron chi connectivity index (χ2n) is 4.86. The molecule has 0 amide bonds. The zero-order valence-corrected chi connectivity index (χ0v) is 14.8. The summed E-state index contributed by atoms with van der Waals surface area (Å²) in [6.45, 7) is 5.10. The minimum Gasteiger partial charge on any atom is -1.00 e. The lowest BCUT2D eigenvalue weighted by Gasteiger charge is -2.18. The molecule has 0 aromatic heterocycles. The van der Waals surface area contributed by atoms with Crippen LogP contribution in [0.15, 0.2) is 30.6 Å². The lowest BCUT2D eigenvalue weighted by atomic mass is 10.2. The van der Waals surface area contributed by atoms with Gasteiger partial charge in [0.25, 0.3) is 0 Å². The van der Waals surface area contributed by atoms with E-state index in [0.29, 0.717) is 0 Å². The third-order valence-electron chi connectivity index (χ3n) is 3.16. The van der Waals surface area contributed by atoms with Crippen LogP contribution in [0.3, 0.4) is 0 Å². The molecular weight excluding hydrogens is 331 g/mol. The Morgan fingerprint density at radius 2 is 1.95 bits per heavy atom. The molecule has 122 valence electrons. The Hall–Kier alpha value is -0.970. The van der Waals surface area contributed by atoms with E-state index in [4.69, 9.17) is 5.73 Å². The monoisotopic (exact) mass is 353 g/mol. The van der Waals surface area contributed by atoms with Crippen LogP contribution < -0.4 is 23.5 Å². The van der Waals surface area contributed by atoms with Gasteiger partial charge in [0.15, 0.2) is 0 Å². The highest BCUT2D eigenvalue weighted by atomic mass is 35.5. The molecule has 0 spiro atoms. The molecule has 0 saturated carbocycles. The van der Waals surface area contributed by atoms with E-state index in [1.165, 1.54) is 0 Å². The predicted molar refractivity (Wildman–Crippen MR) is 91.7 cm³/mol. The summed E-state index contributed by atoms with van der Waals surface area (Å²) in [5.74, 6) is 0. The van der Waals surface area contributed by atoms with Gasteiger partial charge in [-0.3, -0.25) is 0 Å². The Bertz CT molecular complexity index is 440. The quantitative estimate of drug-likeness (QED) is 0.573. The maximum Gasteiger partial charge on any atom is 0.0890 e. The van der Waals surface area contributed by atoms with Crippen molar-refractivity contribution in [2.45, 2.75) is 13.3 Å². The number of rotatable bonds is 5. The number of hydrogen-bond donors (Lipinski definition) is 2. The number of hydrogen-bond acceptors (Lipinski definition) is 4. The molecule has 0 aliphatic carbocycles. The van der Waals surface area contributed by atoms with Crippen LogP contribution >= 0.6 is 24.8 Å². The van der Waals surface area contributed by atoms with Gasteiger partial charge in [-0.15, -0.1) is 24.8 Å². The summed E-state index contributed by atoms with van der Waals surface area (Å²) in [6.07, 6.45) is 5.38. The fourth-order valence-electron chi connectivity index (χ4n) is 2.03. The van der Waals surface area contributed by atoms with Gasteiger partial charge in [0.05, 0.1) is 6.67 Å². The minimum absolute atomic E-state index is 0. The van der Waals surface area contributed by atoms with Crippen LogP contribution in [-0.4, -0.2) is 36.6 Å². The van der Waals surface area contributed by atoms with E-state index in [0.717, 1.165) is 43.1 Å². The number of nitrogens with zero attached hydrogens (tertiary/aromatic N) is 2. The van der Waals surface area contributed by atoms with Crippen molar-refractivity contribution in [3.05, 3.63) is 36.2 Å². The van der Waals surface area contributed by atoms with Crippen LogP contribution in [0.4, 0.5) is 11.4 Å². The first-order valence-electron chi connectivity index (χ1n) is 6.38. The van der Waals surface area contributed by atoms with Crippen LogP contribution in [-0.2, 0) is 0 Å². The minimum atomic E-state index is 0. The molecule has 1 aliphatic heterocycles. The SMILES string of the molecule is Cc1cc(NCCCN2C=CN(C)C2)ccc1N.Cl.Cl.[Cl-]. The molecule has 2 rings (SSSR count). The Labute approximate surface area is 146 Å². The van der Waals surface area contributed by atoms with Crippen molar-refractivity contribution in [2.75, 3.05) is 37.9 Å². The molecular formula is C14H24Cl3N4-. The van der Waals surface area contributed by atoms with Crippen LogP contribution in [0, 0.1) is 6.92 Å². The molecule has 4 nitrogen and oxygen atoms in total. The van der Waals surface area contributed by atoms with Gasteiger partial charge in [0, 0.05) is 43.9 Å². The summed E-state index contributed by atoms with van der Waals surface area (Å²) >= 11 is 0. The molecule has 1 aromatic carbocycles. The maximum atomic E-state index is 5.79. The van der Waals surface area contributed by atoms with E-state index in [9.17, 15) is 0 Å². The third-order valence-corrected chi connectivity index (χ3v) is 3.16. The standard InChI is InChI=1S/C14H22N4.3ClH/c1-12-10-13(4-5-14(12)15)16-6-3-7-18-9-8-17(2)11-18;;;/h4-5,8-10,16H,3,6-7,11,15H2,1-2H3;3*1H/p-1. The Morgan fingerprint density at radius 1 is 1.24 bits per heavy atom. The zero-order valence-electron chi connectivity index (χ0n) is 12.4. The number of halogens is 3. The summed E-state index contributed by atoms with van der Waals surface area (Å²) in [5.41, 5.74) is 8.92. The van der Waals surface area contributed by atoms with Crippen LogP contribution in [0.2, 0.25) is 0 Å². The largest absolute Gasteiger partial charge is 1.00 e. The fraction of sp³-hybridized carbons (Fsp3) is 0.429. The average Bonchev–Trinajstić information content (AvgIpc) is 2.75. The molecule has 0 saturated heterocycles. The lowest BCUT2D eigenvalue weighted by Crippen LogP contribution is -3.00. The van der Waals surface area contributed by atoms with Crippen LogP contribution in [0.1, 0.15) is 12.0 Å². The van der Waals surface area contributed by atoms with E-state index < -0.39 is 0 Å². The summed E-state index contributed by atoms with van der Waals surface area (Å²) in [6, 6.07) is 6.08. The van der Waals surface area contributed by atoms with E-state index in [1.807, 2.05) is 19.1 Å². The number of aryl methyl sites for hydroxylation is 1. The Morgan fingerprint density at radius 3 is 2.52 bits per heavy atom.